The first-order chi connectivity index (χ1) is 8.13. The maximum Gasteiger partial charge on any atom is 0.162 e. The Hall–Kier alpha value is -0.630. The van der Waals surface area contributed by atoms with Crippen molar-refractivity contribution < 1.29 is 4.79 Å². The first-order valence-corrected chi connectivity index (χ1v) is 7.23. The highest BCUT2D eigenvalue weighted by atomic mass is 79.9. The molecule has 17 heavy (non-hydrogen) atoms. The molecule has 0 aliphatic heterocycles. The summed E-state index contributed by atoms with van der Waals surface area (Å²) in [5.74, 6) is 0.269. The van der Waals surface area contributed by atoms with E-state index < -0.39 is 0 Å². The van der Waals surface area contributed by atoms with E-state index in [1.807, 2.05) is 25.1 Å². The minimum absolute atomic E-state index is 0.269. The van der Waals surface area contributed by atoms with Gasteiger partial charge in [0.25, 0.3) is 0 Å². The zero-order valence-electron chi connectivity index (χ0n) is 10.8. The standard InChI is InChI=1S/C15H21BrO/c1-3-4-5-6-7-8-15(17)13-9-12(2)10-14(16)11-13/h9-11H,3-8H2,1-2H3. The van der Waals surface area contributed by atoms with Gasteiger partial charge in [0, 0.05) is 16.5 Å². The molecule has 0 atom stereocenters. The highest BCUT2D eigenvalue weighted by molar-refractivity contribution is 9.10. The van der Waals surface area contributed by atoms with Gasteiger partial charge in [-0.25, -0.2) is 0 Å². The van der Waals surface area contributed by atoms with Gasteiger partial charge in [-0.05, 0) is 37.1 Å². The van der Waals surface area contributed by atoms with Gasteiger partial charge in [0.1, 0.15) is 0 Å². The van der Waals surface area contributed by atoms with Crippen LogP contribution < -0.4 is 0 Å². The summed E-state index contributed by atoms with van der Waals surface area (Å²) in [4.78, 5) is 12.0. The van der Waals surface area contributed by atoms with E-state index in [0.717, 1.165) is 22.0 Å². The maximum absolute atomic E-state index is 12.0. The summed E-state index contributed by atoms with van der Waals surface area (Å²) in [5.41, 5.74) is 1.97. The van der Waals surface area contributed by atoms with Crippen LogP contribution in [0, 0.1) is 6.92 Å². The predicted octanol–water partition coefficient (Wildman–Crippen LogP) is 5.30. The summed E-state index contributed by atoms with van der Waals surface area (Å²) in [7, 11) is 0. The quantitative estimate of drug-likeness (QED) is 0.493. The van der Waals surface area contributed by atoms with E-state index in [1.54, 1.807) is 0 Å². The van der Waals surface area contributed by atoms with E-state index in [4.69, 9.17) is 0 Å². The molecule has 1 aromatic rings. The van der Waals surface area contributed by atoms with Crippen LogP contribution in [0.25, 0.3) is 0 Å². The SMILES string of the molecule is CCCCCCCC(=O)c1cc(C)cc(Br)c1. The van der Waals surface area contributed by atoms with E-state index in [2.05, 4.69) is 22.9 Å². The highest BCUT2D eigenvalue weighted by Gasteiger charge is 2.06. The molecule has 0 saturated carbocycles. The molecule has 0 spiro atoms. The fraction of sp³-hybridized carbons (Fsp3) is 0.533. The molecule has 0 aliphatic rings. The number of benzene rings is 1. The van der Waals surface area contributed by atoms with Crippen molar-refractivity contribution >= 4 is 21.7 Å². The lowest BCUT2D eigenvalue weighted by Gasteiger charge is -2.04. The number of carbonyl (C=O) groups is 1. The van der Waals surface area contributed by atoms with E-state index in [9.17, 15) is 4.79 Å². The van der Waals surface area contributed by atoms with Gasteiger partial charge in [0.05, 0.1) is 0 Å². The molecular weight excluding hydrogens is 276 g/mol. The van der Waals surface area contributed by atoms with Crippen LogP contribution in [0.2, 0.25) is 0 Å². The normalized spacial score (nSPS) is 10.5. The summed E-state index contributed by atoms with van der Waals surface area (Å²) in [6.45, 7) is 4.22. The lowest BCUT2D eigenvalue weighted by Crippen LogP contribution is -1.99. The zero-order valence-corrected chi connectivity index (χ0v) is 12.3. The third-order valence-electron chi connectivity index (χ3n) is 2.87. The van der Waals surface area contributed by atoms with Gasteiger partial charge < -0.3 is 0 Å². The summed E-state index contributed by atoms with van der Waals surface area (Å²) < 4.78 is 0.992. The summed E-state index contributed by atoms with van der Waals surface area (Å²) in [6, 6.07) is 5.92. The average molecular weight is 297 g/mol. The molecule has 1 aromatic carbocycles. The smallest absolute Gasteiger partial charge is 0.162 e. The molecule has 0 radical (unpaired) electrons. The summed E-state index contributed by atoms with van der Waals surface area (Å²) in [6.07, 6.45) is 6.65. The summed E-state index contributed by atoms with van der Waals surface area (Å²) >= 11 is 3.43. The number of carbonyl (C=O) groups excluding carboxylic acids is 1. The first kappa shape index (κ1) is 14.4. The molecule has 0 amide bonds. The van der Waals surface area contributed by atoms with E-state index >= 15 is 0 Å². The molecule has 94 valence electrons. The molecule has 0 fully saturated rings. The molecule has 0 N–H and O–H groups in total. The highest BCUT2D eigenvalue weighted by Crippen LogP contribution is 2.17. The van der Waals surface area contributed by atoms with E-state index in [-0.39, 0.29) is 5.78 Å². The second kappa shape index (κ2) is 7.65. The van der Waals surface area contributed by atoms with Crippen LogP contribution in [-0.2, 0) is 0 Å². The Labute approximate surface area is 113 Å². The minimum atomic E-state index is 0.269. The number of unbranched alkanes of at least 4 members (excludes halogenated alkanes) is 4. The number of rotatable bonds is 7. The van der Waals surface area contributed by atoms with Crippen LogP contribution >= 0.6 is 15.9 Å². The van der Waals surface area contributed by atoms with Gasteiger partial charge in [0.2, 0.25) is 0 Å². The Kier molecular flexibility index (Phi) is 6.49. The lowest BCUT2D eigenvalue weighted by atomic mass is 10.0. The van der Waals surface area contributed by atoms with Crippen molar-refractivity contribution in [2.45, 2.75) is 52.4 Å². The Morgan fingerprint density at radius 3 is 2.47 bits per heavy atom. The van der Waals surface area contributed by atoms with Gasteiger partial charge in [-0.3, -0.25) is 4.79 Å². The van der Waals surface area contributed by atoms with Crippen LogP contribution in [-0.4, -0.2) is 5.78 Å². The average Bonchev–Trinajstić information content (AvgIpc) is 2.27. The molecule has 0 bridgehead atoms. The predicted molar refractivity (Wildman–Crippen MR) is 76.6 cm³/mol. The molecule has 0 unspecified atom stereocenters. The molecular formula is C15H21BrO. The number of ketones is 1. The van der Waals surface area contributed by atoms with Gasteiger partial charge >= 0.3 is 0 Å². The third kappa shape index (κ3) is 5.49. The lowest BCUT2D eigenvalue weighted by molar-refractivity contribution is 0.0979. The molecule has 0 aliphatic carbocycles. The molecule has 0 saturated heterocycles. The number of Topliss-reactive ketones (excluding diaryl/α,β-unsaturated/α-hetero) is 1. The van der Waals surface area contributed by atoms with Crippen molar-refractivity contribution in [2.75, 3.05) is 0 Å². The Bertz CT molecular complexity index is 351. The Balaban J connectivity index is 2.41. The van der Waals surface area contributed by atoms with Crippen molar-refractivity contribution in [3.8, 4) is 0 Å². The van der Waals surface area contributed by atoms with Crippen molar-refractivity contribution in [3.05, 3.63) is 33.8 Å². The van der Waals surface area contributed by atoms with Crippen LogP contribution in [0.5, 0.6) is 0 Å². The number of aryl methyl sites for hydroxylation is 1. The number of hydrogen-bond donors (Lipinski definition) is 0. The minimum Gasteiger partial charge on any atom is -0.294 e. The van der Waals surface area contributed by atoms with E-state index in [0.29, 0.717) is 6.42 Å². The topological polar surface area (TPSA) is 17.1 Å². The second-order valence-electron chi connectivity index (χ2n) is 4.60. The molecule has 0 aromatic heterocycles. The largest absolute Gasteiger partial charge is 0.294 e. The van der Waals surface area contributed by atoms with Crippen LogP contribution in [0.3, 0.4) is 0 Å². The Morgan fingerprint density at radius 1 is 1.12 bits per heavy atom. The Morgan fingerprint density at radius 2 is 1.82 bits per heavy atom. The van der Waals surface area contributed by atoms with Crippen molar-refractivity contribution in [2.24, 2.45) is 0 Å². The molecule has 1 rings (SSSR count). The summed E-state index contributed by atoms with van der Waals surface area (Å²) in [5, 5.41) is 0. The van der Waals surface area contributed by atoms with Crippen molar-refractivity contribution in [1.82, 2.24) is 0 Å². The van der Waals surface area contributed by atoms with Crippen molar-refractivity contribution in [3.63, 3.8) is 0 Å². The monoisotopic (exact) mass is 296 g/mol. The fourth-order valence-corrected chi connectivity index (χ4v) is 2.54. The van der Waals surface area contributed by atoms with E-state index in [1.165, 1.54) is 25.7 Å². The third-order valence-corrected chi connectivity index (χ3v) is 3.33. The van der Waals surface area contributed by atoms with Crippen LogP contribution in [0.1, 0.15) is 61.4 Å². The van der Waals surface area contributed by atoms with Gasteiger partial charge in [0.15, 0.2) is 5.78 Å². The molecule has 1 nitrogen and oxygen atoms in total. The van der Waals surface area contributed by atoms with Gasteiger partial charge in [-0.15, -0.1) is 0 Å². The van der Waals surface area contributed by atoms with Gasteiger partial charge in [-0.1, -0.05) is 48.5 Å². The van der Waals surface area contributed by atoms with Crippen molar-refractivity contribution in [1.29, 1.82) is 0 Å². The first-order valence-electron chi connectivity index (χ1n) is 6.44. The number of hydrogen-bond acceptors (Lipinski definition) is 1. The number of halogens is 1. The fourth-order valence-electron chi connectivity index (χ4n) is 1.93. The second-order valence-corrected chi connectivity index (χ2v) is 5.52. The van der Waals surface area contributed by atoms with Gasteiger partial charge in [-0.2, -0.15) is 0 Å². The molecule has 0 heterocycles. The maximum atomic E-state index is 12.0. The van der Waals surface area contributed by atoms with Crippen LogP contribution in [0.15, 0.2) is 22.7 Å². The molecule has 2 heteroatoms. The zero-order chi connectivity index (χ0) is 12.7. The van der Waals surface area contributed by atoms with Crippen LogP contribution in [0.4, 0.5) is 0 Å².